The largest absolute Gasteiger partial charge is 0.326 e. The van der Waals surface area contributed by atoms with Gasteiger partial charge >= 0.3 is 0 Å². The van der Waals surface area contributed by atoms with E-state index >= 15 is 0 Å². The van der Waals surface area contributed by atoms with Crippen molar-refractivity contribution in [2.24, 2.45) is 0 Å². The highest BCUT2D eigenvalue weighted by molar-refractivity contribution is 8.20. The third-order valence-electron chi connectivity index (χ3n) is 3.96. The Balaban J connectivity index is 2.41. The van der Waals surface area contributed by atoms with Crippen LogP contribution in [0.3, 0.4) is 0 Å². The minimum absolute atomic E-state index is 0.105. The smallest absolute Gasteiger partial charge is 0.245 e. The third-order valence-corrected chi connectivity index (χ3v) is 11.2. The van der Waals surface area contributed by atoms with Crippen LogP contribution >= 0.6 is 6.34 Å². The van der Waals surface area contributed by atoms with Crippen LogP contribution in [-0.2, 0) is 26.6 Å². The van der Waals surface area contributed by atoms with Gasteiger partial charge in [-0.15, -0.1) is 0 Å². The van der Waals surface area contributed by atoms with Crippen molar-refractivity contribution in [1.29, 1.82) is 0 Å². The van der Waals surface area contributed by atoms with Gasteiger partial charge in [-0.05, 0) is 24.3 Å². The summed E-state index contributed by atoms with van der Waals surface area (Å²) in [7, 11) is -3.84. The molecule has 0 bridgehead atoms. The van der Waals surface area contributed by atoms with Crippen molar-refractivity contribution in [2.45, 2.75) is 25.7 Å². The predicted octanol–water partition coefficient (Wildman–Crippen LogP) is 2.90. The monoisotopic (exact) mass is 425 g/mol. The fourth-order valence-electron chi connectivity index (χ4n) is 2.66. The summed E-state index contributed by atoms with van der Waals surface area (Å²) in [5.74, 6) is -0.218. The standard InChI is InChI=1S/C18H24N3O3PS2/c1-4-21(5-2)25(26,17-9-7-6-8-10-17)20-27(23,24)18-13-11-16(12-14-18)19-15(3)22/h6-14H,4-5H2,1-3H3,(H,19,22)(H,20,26). The van der Waals surface area contributed by atoms with Crippen molar-refractivity contribution in [3.8, 4) is 0 Å². The van der Waals surface area contributed by atoms with Crippen LogP contribution in [0.4, 0.5) is 5.69 Å². The lowest BCUT2D eigenvalue weighted by Crippen LogP contribution is -2.36. The molecule has 2 N–H and O–H groups in total. The molecule has 1 atom stereocenters. The van der Waals surface area contributed by atoms with Crippen LogP contribution in [0.25, 0.3) is 0 Å². The van der Waals surface area contributed by atoms with Crippen LogP contribution < -0.4 is 15.1 Å². The number of nitrogens with one attached hydrogen (secondary N) is 2. The number of hydrogen-bond acceptors (Lipinski definition) is 4. The molecule has 0 aromatic heterocycles. The van der Waals surface area contributed by atoms with Crippen molar-refractivity contribution in [3.05, 3.63) is 54.6 Å². The Labute approximate surface area is 166 Å². The maximum atomic E-state index is 13.0. The lowest BCUT2D eigenvalue weighted by atomic mass is 10.3. The van der Waals surface area contributed by atoms with Gasteiger partial charge in [-0.2, -0.15) is 4.49 Å². The molecule has 27 heavy (non-hydrogen) atoms. The first-order valence-corrected chi connectivity index (χ1v) is 12.8. The molecule has 0 fully saturated rings. The van der Waals surface area contributed by atoms with Crippen LogP contribution in [-0.4, -0.2) is 32.1 Å². The summed E-state index contributed by atoms with van der Waals surface area (Å²) in [5, 5.41) is 3.41. The number of rotatable bonds is 8. The molecule has 146 valence electrons. The van der Waals surface area contributed by atoms with E-state index in [2.05, 4.69) is 9.81 Å². The molecule has 0 saturated heterocycles. The molecular weight excluding hydrogens is 401 g/mol. The number of hydrogen-bond donors (Lipinski definition) is 2. The van der Waals surface area contributed by atoms with Gasteiger partial charge in [-0.3, -0.25) is 9.46 Å². The lowest BCUT2D eigenvalue weighted by molar-refractivity contribution is -0.114. The van der Waals surface area contributed by atoms with Gasteiger partial charge in [-0.1, -0.05) is 56.0 Å². The second kappa shape index (κ2) is 9.08. The average molecular weight is 426 g/mol. The third kappa shape index (κ3) is 5.24. The normalized spacial score (nSPS) is 13.9. The number of nitrogens with zero attached hydrogens (tertiary/aromatic N) is 1. The summed E-state index contributed by atoms with van der Waals surface area (Å²) in [5.41, 5.74) is 0.535. The summed E-state index contributed by atoms with van der Waals surface area (Å²) in [4.78, 5) is 11.2. The number of amides is 1. The molecule has 0 aliphatic carbocycles. The van der Waals surface area contributed by atoms with E-state index in [9.17, 15) is 13.2 Å². The average Bonchev–Trinajstić information content (AvgIpc) is 2.63. The summed E-state index contributed by atoms with van der Waals surface area (Å²) in [6.07, 6.45) is -2.74. The molecule has 0 spiro atoms. The summed E-state index contributed by atoms with van der Waals surface area (Å²) < 4.78 is 30.8. The number of sulfonamides is 1. The van der Waals surface area contributed by atoms with Crippen molar-refractivity contribution in [3.63, 3.8) is 0 Å². The summed E-state index contributed by atoms with van der Waals surface area (Å²) >= 11 is 5.91. The minimum atomic E-state index is -3.84. The van der Waals surface area contributed by atoms with Crippen LogP contribution in [0.2, 0.25) is 0 Å². The van der Waals surface area contributed by atoms with Crippen LogP contribution in [0.15, 0.2) is 59.5 Å². The van der Waals surface area contributed by atoms with Gasteiger partial charge in [0.1, 0.15) is 6.34 Å². The first kappa shape index (κ1) is 21.7. The number of carbonyl (C=O) groups is 1. The van der Waals surface area contributed by atoms with Crippen LogP contribution in [0.1, 0.15) is 20.8 Å². The molecule has 9 heteroatoms. The Hall–Kier alpha value is -1.57. The van der Waals surface area contributed by atoms with Gasteiger partial charge in [0.05, 0.1) is 4.90 Å². The van der Waals surface area contributed by atoms with Crippen molar-refractivity contribution < 1.29 is 13.2 Å². The molecule has 0 aliphatic heterocycles. The zero-order valence-electron chi connectivity index (χ0n) is 15.5. The van der Waals surface area contributed by atoms with E-state index in [0.717, 1.165) is 5.30 Å². The van der Waals surface area contributed by atoms with Crippen molar-refractivity contribution >= 4 is 45.1 Å². The van der Waals surface area contributed by atoms with E-state index in [1.54, 1.807) is 12.1 Å². The first-order valence-electron chi connectivity index (χ1n) is 8.55. The number of anilines is 1. The first-order chi connectivity index (χ1) is 12.7. The van der Waals surface area contributed by atoms with Gasteiger partial charge in [-0.25, -0.2) is 8.42 Å². The number of benzene rings is 2. The van der Waals surface area contributed by atoms with Crippen LogP contribution in [0.5, 0.6) is 0 Å². The van der Waals surface area contributed by atoms with E-state index in [0.29, 0.717) is 18.8 Å². The molecule has 6 nitrogen and oxygen atoms in total. The molecule has 1 amide bonds. The second-order valence-corrected chi connectivity index (χ2v) is 11.9. The predicted molar refractivity (Wildman–Crippen MR) is 114 cm³/mol. The Morgan fingerprint density at radius 1 is 1.04 bits per heavy atom. The SMILES string of the molecule is CCN(CC)P(=S)(NS(=O)(=O)c1ccc(NC(C)=O)cc1)c1ccccc1. The molecule has 0 aliphatic rings. The quantitative estimate of drug-likeness (QED) is 0.636. The van der Waals surface area contributed by atoms with Gasteiger partial charge in [0, 0.05) is 31.0 Å². The van der Waals surface area contributed by atoms with Crippen molar-refractivity contribution in [1.82, 2.24) is 9.16 Å². The van der Waals surface area contributed by atoms with E-state index in [-0.39, 0.29) is 10.8 Å². The maximum Gasteiger partial charge on any atom is 0.245 e. The topological polar surface area (TPSA) is 78.5 Å². The molecular formula is C18H24N3O3PS2. The van der Waals surface area contributed by atoms with E-state index < -0.39 is 16.4 Å². The molecule has 2 aromatic rings. The highest BCUT2D eigenvalue weighted by Gasteiger charge is 2.31. The maximum absolute atomic E-state index is 13.0. The highest BCUT2D eigenvalue weighted by Crippen LogP contribution is 2.45. The van der Waals surface area contributed by atoms with Gasteiger partial charge in [0.15, 0.2) is 0 Å². The van der Waals surface area contributed by atoms with Gasteiger partial charge in [0.25, 0.3) is 0 Å². The molecule has 2 aromatic carbocycles. The van der Waals surface area contributed by atoms with Gasteiger partial charge < -0.3 is 5.32 Å². The Morgan fingerprint density at radius 2 is 1.59 bits per heavy atom. The second-order valence-electron chi connectivity index (χ2n) is 5.85. The number of carbonyl (C=O) groups excluding carboxylic acids is 1. The fraction of sp³-hybridized carbons (Fsp3) is 0.278. The molecule has 0 radical (unpaired) electrons. The van der Waals surface area contributed by atoms with Crippen LogP contribution in [0, 0.1) is 0 Å². The zero-order valence-corrected chi connectivity index (χ0v) is 18.1. The Bertz CT molecular complexity index is 928. The molecule has 0 heterocycles. The van der Waals surface area contributed by atoms with E-state index in [1.165, 1.54) is 19.1 Å². The highest BCUT2D eigenvalue weighted by atomic mass is 32.5. The summed E-state index contributed by atoms with van der Waals surface area (Å²) in [6, 6.07) is 15.3. The molecule has 2 rings (SSSR count). The van der Waals surface area contributed by atoms with Gasteiger partial charge in [0.2, 0.25) is 15.9 Å². The van der Waals surface area contributed by atoms with Crippen molar-refractivity contribution in [2.75, 3.05) is 18.4 Å². The Morgan fingerprint density at radius 3 is 2.07 bits per heavy atom. The lowest BCUT2D eigenvalue weighted by Gasteiger charge is -2.34. The summed E-state index contributed by atoms with van der Waals surface area (Å²) in [6.45, 7) is 6.58. The molecule has 1 unspecified atom stereocenters. The fourth-order valence-corrected chi connectivity index (χ4v) is 9.41. The van der Waals surface area contributed by atoms with E-state index in [1.807, 2.05) is 48.8 Å². The minimum Gasteiger partial charge on any atom is -0.326 e. The van der Waals surface area contributed by atoms with E-state index in [4.69, 9.17) is 11.8 Å². The zero-order chi connectivity index (χ0) is 20.1. The Kier molecular flexibility index (Phi) is 7.31. The molecule has 0 saturated carbocycles.